The van der Waals surface area contributed by atoms with Crippen LogP contribution in [0.1, 0.15) is 44.1 Å². The van der Waals surface area contributed by atoms with E-state index in [1.807, 2.05) is 30.3 Å². The van der Waals surface area contributed by atoms with E-state index in [1.54, 1.807) is 0 Å². The Hall–Kier alpha value is -2.04. The molecule has 1 fully saturated rings. The van der Waals surface area contributed by atoms with Crippen molar-refractivity contribution in [3.63, 3.8) is 0 Å². The monoisotopic (exact) mass is 305 g/mol. The molecule has 1 amide bonds. The van der Waals surface area contributed by atoms with E-state index in [0.29, 0.717) is 0 Å². The first kappa shape index (κ1) is 16.3. The Labute approximate surface area is 130 Å². The number of carboxylic acids is 1. The van der Waals surface area contributed by atoms with Gasteiger partial charge in [-0.15, -0.1) is 0 Å². The molecule has 0 aromatic heterocycles. The van der Waals surface area contributed by atoms with Crippen LogP contribution in [0, 0.1) is 5.92 Å². The Bertz CT molecular complexity index is 483. The molecule has 2 N–H and O–H groups in total. The number of amides is 1. The third kappa shape index (κ3) is 5.39. The average molecular weight is 305 g/mol. The number of carboxylic acid groups (broad SMARTS) is 1. The Morgan fingerprint density at radius 2 is 1.86 bits per heavy atom. The van der Waals surface area contributed by atoms with E-state index < -0.39 is 12.1 Å². The van der Waals surface area contributed by atoms with Gasteiger partial charge in [-0.3, -0.25) is 4.79 Å². The van der Waals surface area contributed by atoms with E-state index in [-0.39, 0.29) is 25.0 Å². The Balaban J connectivity index is 1.85. The molecule has 0 saturated heterocycles. The third-order valence-corrected chi connectivity index (χ3v) is 4.13. The van der Waals surface area contributed by atoms with Crippen LogP contribution in [0.4, 0.5) is 4.79 Å². The number of hydrogen-bond donors (Lipinski definition) is 2. The van der Waals surface area contributed by atoms with Crippen LogP contribution in [0.3, 0.4) is 0 Å². The highest BCUT2D eigenvalue weighted by molar-refractivity contribution is 5.71. The first-order valence-corrected chi connectivity index (χ1v) is 7.84. The van der Waals surface area contributed by atoms with Crippen LogP contribution in [0.15, 0.2) is 30.3 Å². The molecule has 1 atom stereocenters. The number of benzene rings is 1. The van der Waals surface area contributed by atoms with Gasteiger partial charge in [0.2, 0.25) is 0 Å². The van der Waals surface area contributed by atoms with Gasteiger partial charge in [0, 0.05) is 6.04 Å². The van der Waals surface area contributed by atoms with Gasteiger partial charge in [0.1, 0.15) is 6.61 Å². The van der Waals surface area contributed by atoms with E-state index in [1.165, 1.54) is 6.42 Å². The lowest BCUT2D eigenvalue weighted by atomic mass is 9.83. The van der Waals surface area contributed by atoms with Crippen molar-refractivity contribution in [3.05, 3.63) is 35.9 Å². The molecule has 1 aromatic rings. The molecule has 0 heterocycles. The van der Waals surface area contributed by atoms with Crippen LogP contribution in [0.25, 0.3) is 0 Å². The summed E-state index contributed by atoms with van der Waals surface area (Å²) in [7, 11) is 0. The zero-order valence-corrected chi connectivity index (χ0v) is 12.7. The van der Waals surface area contributed by atoms with Gasteiger partial charge in [-0.05, 0) is 24.3 Å². The summed E-state index contributed by atoms with van der Waals surface area (Å²) in [5, 5.41) is 11.8. The number of aliphatic carboxylic acids is 1. The lowest BCUT2D eigenvalue weighted by Gasteiger charge is -2.29. The van der Waals surface area contributed by atoms with Gasteiger partial charge < -0.3 is 15.2 Å². The van der Waals surface area contributed by atoms with E-state index >= 15 is 0 Å². The zero-order chi connectivity index (χ0) is 15.8. The Kier molecular flexibility index (Phi) is 6.25. The van der Waals surface area contributed by atoms with Crippen LogP contribution in [0.5, 0.6) is 0 Å². The van der Waals surface area contributed by atoms with Gasteiger partial charge in [0.15, 0.2) is 0 Å². The van der Waals surface area contributed by atoms with Crippen molar-refractivity contribution in [2.24, 2.45) is 5.92 Å². The quantitative estimate of drug-likeness (QED) is 0.845. The molecule has 0 radical (unpaired) electrons. The van der Waals surface area contributed by atoms with Gasteiger partial charge in [-0.1, -0.05) is 49.6 Å². The molecule has 0 spiro atoms. The van der Waals surface area contributed by atoms with E-state index in [0.717, 1.165) is 31.2 Å². The lowest BCUT2D eigenvalue weighted by Crippen LogP contribution is -2.42. The summed E-state index contributed by atoms with van der Waals surface area (Å²) in [6.45, 7) is 0.192. The van der Waals surface area contributed by atoms with Crippen molar-refractivity contribution in [2.75, 3.05) is 0 Å². The fourth-order valence-corrected chi connectivity index (χ4v) is 2.98. The molecular formula is C17H23NO4. The number of ether oxygens (including phenoxy) is 1. The first-order chi connectivity index (χ1) is 10.6. The summed E-state index contributed by atoms with van der Waals surface area (Å²) < 4.78 is 5.19. The Morgan fingerprint density at radius 3 is 2.50 bits per heavy atom. The van der Waals surface area contributed by atoms with Crippen molar-refractivity contribution < 1.29 is 19.4 Å². The maximum atomic E-state index is 11.9. The van der Waals surface area contributed by atoms with E-state index in [2.05, 4.69) is 5.32 Å². The normalized spacial score (nSPS) is 16.7. The van der Waals surface area contributed by atoms with Crippen molar-refractivity contribution in [1.29, 1.82) is 0 Å². The molecular weight excluding hydrogens is 282 g/mol. The summed E-state index contributed by atoms with van der Waals surface area (Å²) in [5.74, 6) is -0.659. The fourth-order valence-electron chi connectivity index (χ4n) is 2.98. The van der Waals surface area contributed by atoms with Crippen LogP contribution >= 0.6 is 0 Å². The molecule has 1 aromatic carbocycles. The molecule has 5 heteroatoms. The number of carbonyl (C=O) groups excluding carboxylic acids is 1. The standard InChI is InChI=1S/C17H23NO4/c19-16(20)11-15(14-9-5-2-6-10-14)18-17(21)22-12-13-7-3-1-4-8-13/h1,3-4,7-8,14-15H,2,5-6,9-12H2,(H,18,21)(H,19,20). The highest BCUT2D eigenvalue weighted by Crippen LogP contribution is 2.27. The van der Waals surface area contributed by atoms with Gasteiger partial charge in [0.25, 0.3) is 0 Å². The molecule has 1 unspecified atom stereocenters. The summed E-state index contributed by atoms with van der Waals surface area (Å²) in [6, 6.07) is 9.07. The number of alkyl carbamates (subject to hydrolysis) is 1. The summed E-state index contributed by atoms with van der Waals surface area (Å²) in [4.78, 5) is 22.9. The smallest absolute Gasteiger partial charge is 0.407 e. The predicted octanol–water partition coefficient (Wildman–Crippen LogP) is 3.34. The van der Waals surface area contributed by atoms with E-state index in [4.69, 9.17) is 9.84 Å². The Morgan fingerprint density at radius 1 is 1.18 bits per heavy atom. The SMILES string of the molecule is O=C(O)CC(NC(=O)OCc1ccccc1)C1CCCCC1. The summed E-state index contributed by atoms with van der Waals surface area (Å²) in [6.07, 6.45) is 4.73. The number of carbonyl (C=O) groups is 2. The molecule has 1 aliphatic carbocycles. The number of nitrogens with one attached hydrogen (secondary N) is 1. The predicted molar refractivity (Wildman–Crippen MR) is 82.4 cm³/mol. The van der Waals surface area contributed by atoms with Crippen LogP contribution < -0.4 is 5.32 Å². The number of rotatable bonds is 6. The minimum absolute atomic E-state index is 0.0505. The lowest BCUT2D eigenvalue weighted by molar-refractivity contribution is -0.137. The molecule has 0 aliphatic heterocycles. The van der Waals surface area contributed by atoms with Crippen molar-refractivity contribution >= 4 is 12.1 Å². The topological polar surface area (TPSA) is 75.6 Å². The van der Waals surface area contributed by atoms with Crippen LogP contribution in [-0.4, -0.2) is 23.2 Å². The van der Waals surface area contributed by atoms with Gasteiger partial charge in [0.05, 0.1) is 6.42 Å². The maximum Gasteiger partial charge on any atom is 0.407 e. The third-order valence-electron chi connectivity index (χ3n) is 4.13. The maximum absolute atomic E-state index is 11.9. The van der Waals surface area contributed by atoms with Crippen molar-refractivity contribution in [3.8, 4) is 0 Å². The highest BCUT2D eigenvalue weighted by Gasteiger charge is 2.27. The average Bonchev–Trinajstić information content (AvgIpc) is 2.54. The second-order valence-electron chi connectivity index (χ2n) is 5.81. The number of hydrogen-bond acceptors (Lipinski definition) is 3. The van der Waals surface area contributed by atoms with Gasteiger partial charge >= 0.3 is 12.1 Å². The van der Waals surface area contributed by atoms with Gasteiger partial charge in [-0.2, -0.15) is 0 Å². The molecule has 120 valence electrons. The largest absolute Gasteiger partial charge is 0.481 e. The van der Waals surface area contributed by atoms with Crippen molar-refractivity contribution in [2.45, 2.75) is 51.2 Å². The molecule has 2 rings (SSSR count). The second kappa shape index (κ2) is 8.41. The molecule has 0 bridgehead atoms. The molecule has 5 nitrogen and oxygen atoms in total. The minimum Gasteiger partial charge on any atom is -0.481 e. The summed E-state index contributed by atoms with van der Waals surface area (Å²) >= 11 is 0. The fraction of sp³-hybridized carbons (Fsp3) is 0.529. The van der Waals surface area contributed by atoms with E-state index in [9.17, 15) is 9.59 Å². The summed E-state index contributed by atoms with van der Waals surface area (Å²) in [5.41, 5.74) is 0.908. The van der Waals surface area contributed by atoms with Crippen LogP contribution in [0.2, 0.25) is 0 Å². The van der Waals surface area contributed by atoms with Crippen molar-refractivity contribution in [1.82, 2.24) is 5.32 Å². The molecule has 1 saturated carbocycles. The van der Waals surface area contributed by atoms with Gasteiger partial charge in [-0.25, -0.2) is 4.79 Å². The zero-order valence-electron chi connectivity index (χ0n) is 12.7. The minimum atomic E-state index is -0.890. The highest BCUT2D eigenvalue weighted by atomic mass is 16.5. The first-order valence-electron chi connectivity index (χ1n) is 7.84. The van der Waals surface area contributed by atoms with Crippen LogP contribution in [-0.2, 0) is 16.1 Å². The second-order valence-corrected chi connectivity index (χ2v) is 5.81. The molecule has 1 aliphatic rings. The molecule has 22 heavy (non-hydrogen) atoms.